The number of aromatic nitrogens is 4. The van der Waals surface area contributed by atoms with Crippen molar-refractivity contribution < 1.29 is 33.3 Å². The average Bonchev–Trinajstić information content (AvgIpc) is 3.74. The third-order valence-corrected chi connectivity index (χ3v) is 6.73. The number of carboxylic acids is 1. The molecule has 0 saturated carbocycles. The van der Waals surface area contributed by atoms with Gasteiger partial charge in [0.2, 0.25) is 0 Å². The molecule has 0 aliphatic carbocycles. The minimum atomic E-state index is -1.06. The van der Waals surface area contributed by atoms with Crippen LogP contribution in [0, 0.1) is 0 Å². The van der Waals surface area contributed by atoms with E-state index in [2.05, 4.69) is 30.9 Å². The number of anilines is 1. The number of nitrogens with zero attached hydrogens (tertiary/aromatic N) is 4. The van der Waals surface area contributed by atoms with Gasteiger partial charge in [0, 0.05) is 18.7 Å². The smallest absolute Gasteiger partial charge is 0.339 e. The molecule has 0 bridgehead atoms. The van der Waals surface area contributed by atoms with Gasteiger partial charge in [-0.25, -0.2) is 24.5 Å². The van der Waals surface area contributed by atoms with E-state index in [0.29, 0.717) is 30.0 Å². The highest BCUT2D eigenvalue weighted by Crippen LogP contribution is 2.44. The van der Waals surface area contributed by atoms with Crippen LogP contribution in [0.25, 0.3) is 11.2 Å². The molecule has 2 aliphatic rings. The topological polar surface area (TPSA) is 175 Å². The van der Waals surface area contributed by atoms with Crippen molar-refractivity contribution in [3.05, 3.63) is 72.2 Å². The minimum absolute atomic E-state index is 0.0989. The van der Waals surface area contributed by atoms with Crippen molar-refractivity contribution in [3.63, 3.8) is 0 Å². The molecule has 1 aromatic carbocycles. The maximum atomic E-state index is 12.1. The lowest BCUT2D eigenvalue weighted by atomic mass is 10.1. The van der Waals surface area contributed by atoms with Crippen LogP contribution in [0.4, 0.5) is 10.6 Å². The van der Waals surface area contributed by atoms with Crippen molar-refractivity contribution in [2.45, 2.75) is 44.3 Å². The highest BCUT2D eigenvalue weighted by Gasteiger charge is 2.53. The van der Waals surface area contributed by atoms with Crippen LogP contribution in [0.2, 0.25) is 0 Å². The van der Waals surface area contributed by atoms with E-state index in [-0.39, 0.29) is 17.9 Å². The second-order valence-corrected chi connectivity index (χ2v) is 9.23. The first-order valence-corrected chi connectivity index (χ1v) is 12.8. The van der Waals surface area contributed by atoms with Crippen LogP contribution in [0.1, 0.15) is 41.1 Å². The van der Waals surface area contributed by atoms with Crippen molar-refractivity contribution in [2.75, 3.05) is 18.4 Å². The van der Waals surface area contributed by atoms with Crippen LogP contribution < -0.4 is 16.0 Å². The lowest BCUT2D eigenvalue weighted by molar-refractivity contribution is -0.146. The molecule has 0 spiro atoms. The Bertz CT molecular complexity index is 1510. The van der Waals surface area contributed by atoms with E-state index >= 15 is 0 Å². The fraction of sp³-hybridized carbons (Fsp3) is 0.346. The Hall–Kier alpha value is -4.37. The molecule has 4 N–H and O–H groups in total. The second-order valence-electron chi connectivity index (χ2n) is 9.23. The number of ether oxygens (including phenoxy) is 3. The summed E-state index contributed by atoms with van der Waals surface area (Å²) in [5.41, 5.74) is 1.82. The van der Waals surface area contributed by atoms with Crippen LogP contribution in [-0.2, 0) is 20.8 Å². The Balaban J connectivity index is 1.25. The minimum Gasteiger partial charge on any atom is -0.478 e. The molecule has 0 radical (unpaired) electrons. The van der Waals surface area contributed by atoms with E-state index in [4.69, 9.17) is 18.6 Å². The predicted molar refractivity (Wildman–Crippen MR) is 138 cm³/mol. The fourth-order valence-corrected chi connectivity index (χ4v) is 4.93. The number of hydrogen-bond donors (Lipinski definition) is 4. The van der Waals surface area contributed by atoms with E-state index in [1.165, 1.54) is 18.7 Å². The van der Waals surface area contributed by atoms with Crippen LogP contribution in [0.3, 0.4) is 0 Å². The van der Waals surface area contributed by atoms with Crippen molar-refractivity contribution in [1.29, 1.82) is 0 Å². The highest BCUT2D eigenvalue weighted by molar-refractivity contribution is 5.95. The second kappa shape index (κ2) is 11.0. The van der Waals surface area contributed by atoms with Crippen molar-refractivity contribution >= 4 is 29.0 Å². The normalized spacial score (nSPS) is 23.8. The number of benzene rings is 1. The monoisotopic (exact) mass is 549 g/mol. The number of hydrogen-bond acceptors (Lipinski definition) is 10. The number of rotatable bonds is 9. The van der Waals surface area contributed by atoms with Gasteiger partial charge in [0.1, 0.15) is 36.0 Å². The average molecular weight is 550 g/mol. The van der Waals surface area contributed by atoms with E-state index in [9.17, 15) is 14.7 Å². The van der Waals surface area contributed by atoms with Crippen LogP contribution in [0.5, 0.6) is 0 Å². The van der Waals surface area contributed by atoms with Gasteiger partial charge in [-0.3, -0.25) is 9.88 Å². The molecule has 5 atom stereocenters. The van der Waals surface area contributed by atoms with Gasteiger partial charge in [0.15, 0.2) is 29.5 Å². The van der Waals surface area contributed by atoms with E-state index in [1.807, 2.05) is 37.3 Å². The molecule has 2 saturated heterocycles. The summed E-state index contributed by atoms with van der Waals surface area (Å²) in [5.74, 6) is -0.481. The number of urea groups is 1. The van der Waals surface area contributed by atoms with Gasteiger partial charge in [0.25, 0.3) is 0 Å². The number of fused-ring (bicyclic) bond motifs is 2. The Morgan fingerprint density at radius 2 is 1.88 bits per heavy atom. The summed E-state index contributed by atoms with van der Waals surface area (Å²) in [6.07, 6.45) is 1.58. The fourth-order valence-electron chi connectivity index (χ4n) is 4.93. The summed E-state index contributed by atoms with van der Waals surface area (Å²) in [4.78, 5) is 36.5. The first kappa shape index (κ1) is 25.9. The number of carboxylic acid groups (broad SMARTS) is 1. The Morgan fingerprint density at radius 3 is 2.67 bits per heavy atom. The summed E-state index contributed by atoms with van der Waals surface area (Å²) in [6, 6.07) is 10.6. The number of carbonyl (C=O) groups is 2. The predicted octanol–water partition coefficient (Wildman–Crippen LogP) is 2.43. The van der Waals surface area contributed by atoms with Crippen LogP contribution in [-0.4, -0.2) is 68.0 Å². The number of nitrogens with one attached hydrogen (secondary N) is 3. The molecule has 208 valence electrons. The molecular weight excluding hydrogens is 522 g/mol. The summed E-state index contributed by atoms with van der Waals surface area (Å²) in [6.45, 7) is 2.79. The van der Waals surface area contributed by atoms with Crippen molar-refractivity contribution in [2.24, 2.45) is 0 Å². The van der Waals surface area contributed by atoms with Crippen molar-refractivity contribution in [1.82, 2.24) is 30.2 Å². The standard InChI is InChI=1S/C26H27N7O7/c1-2-28-26(36)32-21-18-22(30-12-29-21)33(13-31-18)23-20-19(39-25(40-20)14-6-4-3-5-7-14)17(38-23)11-27-10-16-15(24(34)35)8-9-37-16/h3-9,12-13,17,19-20,23,25,27H,2,10-11H2,1H3,(H,34,35)(H2,28,29,30,32,36)/t17?,19?,20?,23?,25-/m0/s1. The Labute approximate surface area is 227 Å². The summed E-state index contributed by atoms with van der Waals surface area (Å²) in [7, 11) is 0. The van der Waals surface area contributed by atoms with Crippen LogP contribution in [0.15, 0.2) is 59.7 Å². The van der Waals surface area contributed by atoms with Crippen molar-refractivity contribution in [3.8, 4) is 0 Å². The van der Waals surface area contributed by atoms with Gasteiger partial charge < -0.3 is 34.4 Å². The first-order valence-electron chi connectivity index (χ1n) is 12.8. The van der Waals surface area contributed by atoms with Gasteiger partial charge in [0.05, 0.1) is 19.1 Å². The van der Waals surface area contributed by atoms with Crippen LogP contribution >= 0.6 is 0 Å². The lowest BCUT2D eigenvalue weighted by Crippen LogP contribution is -2.36. The van der Waals surface area contributed by atoms with Gasteiger partial charge >= 0.3 is 12.0 Å². The SMILES string of the molecule is CCNC(=O)Nc1ncnc2c1ncn2C1OC(CNCc2occc2C(=O)O)C2O[C@H](c3ccccc3)OC21. The van der Waals surface area contributed by atoms with Gasteiger partial charge in [-0.05, 0) is 13.0 Å². The molecule has 2 fully saturated rings. The molecule has 4 unspecified atom stereocenters. The number of furan rings is 1. The zero-order valence-corrected chi connectivity index (χ0v) is 21.4. The molecule has 2 amide bonds. The Morgan fingerprint density at radius 1 is 1.05 bits per heavy atom. The zero-order chi connectivity index (χ0) is 27.6. The molecule has 14 heteroatoms. The zero-order valence-electron chi connectivity index (χ0n) is 21.4. The summed E-state index contributed by atoms with van der Waals surface area (Å²) < 4.78 is 26.2. The first-order chi connectivity index (χ1) is 19.5. The maximum absolute atomic E-state index is 12.1. The summed E-state index contributed by atoms with van der Waals surface area (Å²) >= 11 is 0. The number of aromatic carboxylic acids is 1. The number of carbonyl (C=O) groups excluding carboxylic acids is 1. The highest BCUT2D eigenvalue weighted by atomic mass is 16.8. The van der Waals surface area contributed by atoms with E-state index in [1.54, 1.807) is 10.9 Å². The lowest BCUT2D eigenvalue weighted by Gasteiger charge is -2.21. The van der Waals surface area contributed by atoms with Gasteiger partial charge in [-0.15, -0.1) is 0 Å². The summed E-state index contributed by atoms with van der Waals surface area (Å²) in [5, 5.41) is 17.9. The molecule has 4 aromatic rings. The van der Waals surface area contributed by atoms with E-state index < -0.39 is 42.8 Å². The maximum Gasteiger partial charge on any atom is 0.339 e. The third-order valence-electron chi connectivity index (χ3n) is 6.73. The molecular formula is C26H27N7O7. The quantitative estimate of drug-likeness (QED) is 0.241. The molecule has 3 aromatic heterocycles. The van der Waals surface area contributed by atoms with Gasteiger partial charge in [-0.1, -0.05) is 30.3 Å². The number of imidazole rings is 1. The Kier molecular flexibility index (Phi) is 7.13. The molecule has 2 aliphatic heterocycles. The molecule has 5 heterocycles. The molecule has 40 heavy (non-hydrogen) atoms. The van der Waals surface area contributed by atoms with Gasteiger partial charge in [-0.2, -0.15) is 0 Å². The van der Waals surface area contributed by atoms with E-state index in [0.717, 1.165) is 5.56 Å². The largest absolute Gasteiger partial charge is 0.478 e. The molecule has 6 rings (SSSR count). The molecule has 14 nitrogen and oxygen atoms in total. The number of amides is 2. The third kappa shape index (κ3) is 4.88.